The molecule has 1 unspecified atom stereocenters. The van der Waals surface area contributed by atoms with Crippen LogP contribution in [0.25, 0.3) is 0 Å². The van der Waals surface area contributed by atoms with Crippen LogP contribution in [-0.4, -0.2) is 12.6 Å². The number of benzene rings is 1. The zero-order valence-corrected chi connectivity index (χ0v) is 9.26. The lowest BCUT2D eigenvalue weighted by molar-refractivity contribution is 0.360. The van der Waals surface area contributed by atoms with Crippen molar-refractivity contribution >= 4 is 0 Å². The van der Waals surface area contributed by atoms with E-state index in [1.165, 1.54) is 12.1 Å². The first-order valence-corrected chi connectivity index (χ1v) is 4.92. The van der Waals surface area contributed by atoms with E-state index in [0.29, 0.717) is 5.92 Å². The fourth-order valence-electron chi connectivity index (χ4n) is 1.38. The Balaban J connectivity index is 2.89. The van der Waals surface area contributed by atoms with Gasteiger partial charge in [-0.1, -0.05) is 19.1 Å². The van der Waals surface area contributed by atoms with Gasteiger partial charge in [0.15, 0.2) is 0 Å². The molecule has 1 aromatic rings. The van der Waals surface area contributed by atoms with Crippen LogP contribution in [0.15, 0.2) is 24.3 Å². The molecule has 0 heterocycles. The monoisotopic (exact) mass is 195 g/mol. The summed E-state index contributed by atoms with van der Waals surface area (Å²) in [4.78, 5) is 0. The number of likely N-dealkylation sites (N-methyl/N-ethyl adjacent to an activating group) is 1. The molecule has 1 rings (SSSR count). The summed E-state index contributed by atoms with van der Waals surface area (Å²) in [7, 11) is 1.94. The molecular formula is C12H18FN. The minimum absolute atomic E-state index is 0.0256. The topological polar surface area (TPSA) is 12.0 Å². The van der Waals surface area contributed by atoms with Crippen molar-refractivity contribution in [3.8, 4) is 0 Å². The molecule has 0 aliphatic rings. The Hall–Kier alpha value is -0.890. The molecule has 0 aliphatic carbocycles. The van der Waals surface area contributed by atoms with Gasteiger partial charge in [-0.2, -0.15) is 0 Å². The van der Waals surface area contributed by atoms with E-state index in [1.807, 2.05) is 19.2 Å². The van der Waals surface area contributed by atoms with Gasteiger partial charge in [-0.05, 0) is 44.5 Å². The van der Waals surface area contributed by atoms with E-state index < -0.39 is 0 Å². The van der Waals surface area contributed by atoms with E-state index in [-0.39, 0.29) is 11.4 Å². The fourth-order valence-corrected chi connectivity index (χ4v) is 1.38. The van der Waals surface area contributed by atoms with Crippen LogP contribution in [0.4, 0.5) is 4.39 Å². The summed E-state index contributed by atoms with van der Waals surface area (Å²) in [5.41, 5.74) is 1.18. The SMILES string of the molecule is CNC(C)(C)C(C)c1ccc(F)cc1. The predicted octanol–water partition coefficient (Wildman–Crippen LogP) is 2.93. The summed E-state index contributed by atoms with van der Waals surface area (Å²) >= 11 is 0. The Morgan fingerprint density at radius 3 is 2.14 bits per heavy atom. The van der Waals surface area contributed by atoms with Crippen molar-refractivity contribution in [2.45, 2.75) is 32.2 Å². The average Bonchev–Trinajstić information content (AvgIpc) is 2.18. The Bertz CT molecular complexity index is 290. The van der Waals surface area contributed by atoms with E-state index in [1.54, 1.807) is 0 Å². The van der Waals surface area contributed by atoms with Crippen LogP contribution >= 0.6 is 0 Å². The van der Waals surface area contributed by atoms with E-state index in [4.69, 9.17) is 0 Å². The first-order valence-electron chi connectivity index (χ1n) is 4.92. The lowest BCUT2D eigenvalue weighted by Gasteiger charge is -2.31. The molecule has 0 bridgehead atoms. The van der Waals surface area contributed by atoms with E-state index in [2.05, 4.69) is 26.1 Å². The molecule has 0 spiro atoms. The number of hydrogen-bond donors (Lipinski definition) is 1. The van der Waals surface area contributed by atoms with Crippen molar-refractivity contribution in [1.82, 2.24) is 5.32 Å². The van der Waals surface area contributed by atoms with Crippen LogP contribution in [0.2, 0.25) is 0 Å². The van der Waals surface area contributed by atoms with Gasteiger partial charge in [-0.25, -0.2) is 4.39 Å². The number of nitrogens with one attached hydrogen (secondary N) is 1. The second kappa shape index (κ2) is 4.09. The highest BCUT2D eigenvalue weighted by Crippen LogP contribution is 2.26. The molecule has 0 aromatic heterocycles. The van der Waals surface area contributed by atoms with Gasteiger partial charge in [0.25, 0.3) is 0 Å². The van der Waals surface area contributed by atoms with Gasteiger partial charge in [0.05, 0.1) is 0 Å². The Kier molecular flexibility index (Phi) is 3.27. The normalized spacial score (nSPS) is 14.1. The van der Waals surface area contributed by atoms with Gasteiger partial charge in [0.2, 0.25) is 0 Å². The third-order valence-electron chi connectivity index (χ3n) is 3.10. The highest BCUT2D eigenvalue weighted by Gasteiger charge is 2.24. The fraction of sp³-hybridized carbons (Fsp3) is 0.500. The van der Waals surface area contributed by atoms with Crippen molar-refractivity contribution in [2.75, 3.05) is 7.05 Å². The maximum Gasteiger partial charge on any atom is 0.123 e. The van der Waals surface area contributed by atoms with E-state index >= 15 is 0 Å². The maximum atomic E-state index is 12.7. The first kappa shape index (κ1) is 11.2. The molecule has 0 radical (unpaired) electrons. The van der Waals surface area contributed by atoms with E-state index in [9.17, 15) is 4.39 Å². The molecular weight excluding hydrogens is 177 g/mol. The number of halogens is 1. The zero-order valence-electron chi connectivity index (χ0n) is 9.26. The third-order valence-corrected chi connectivity index (χ3v) is 3.10. The van der Waals surface area contributed by atoms with Gasteiger partial charge in [0.1, 0.15) is 5.82 Å². The van der Waals surface area contributed by atoms with Gasteiger partial charge in [0, 0.05) is 5.54 Å². The molecule has 0 saturated heterocycles. The average molecular weight is 195 g/mol. The highest BCUT2D eigenvalue weighted by molar-refractivity contribution is 5.23. The predicted molar refractivity (Wildman–Crippen MR) is 58.0 cm³/mol. The van der Waals surface area contributed by atoms with Crippen molar-refractivity contribution in [1.29, 1.82) is 0 Å². The van der Waals surface area contributed by atoms with Crippen LogP contribution in [0.1, 0.15) is 32.3 Å². The molecule has 1 aromatic carbocycles. The molecule has 1 atom stereocenters. The molecule has 1 N–H and O–H groups in total. The summed E-state index contributed by atoms with van der Waals surface area (Å²) in [6, 6.07) is 6.72. The summed E-state index contributed by atoms with van der Waals surface area (Å²) in [6.45, 7) is 6.42. The Morgan fingerprint density at radius 1 is 1.21 bits per heavy atom. The smallest absolute Gasteiger partial charge is 0.123 e. The molecule has 78 valence electrons. The molecule has 0 amide bonds. The Labute approximate surface area is 85.3 Å². The van der Waals surface area contributed by atoms with Crippen LogP contribution in [0, 0.1) is 5.82 Å². The van der Waals surface area contributed by atoms with Gasteiger partial charge < -0.3 is 5.32 Å². The van der Waals surface area contributed by atoms with Crippen molar-refractivity contribution in [2.24, 2.45) is 0 Å². The summed E-state index contributed by atoms with van der Waals surface area (Å²) in [5, 5.41) is 3.26. The van der Waals surface area contributed by atoms with Crippen molar-refractivity contribution in [3.05, 3.63) is 35.6 Å². The van der Waals surface area contributed by atoms with Crippen molar-refractivity contribution in [3.63, 3.8) is 0 Å². The third kappa shape index (κ3) is 2.32. The summed E-state index contributed by atoms with van der Waals surface area (Å²) < 4.78 is 12.7. The molecule has 0 saturated carbocycles. The lowest BCUT2D eigenvalue weighted by atomic mass is 9.83. The quantitative estimate of drug-likeness (QED) is 0.782. The molecule has 0 aliphatic heterocycles. The maximum absolute atomic E-state index is 12.7. The molecule has 14 heavy (non-hydrogen) atoms. The molecule has 2 heteroatoms. The van der Waals surface area contributed by atoms with Gasteiger partial charge in [-0.3, -0.25) is 0 Å². The van der Waals surface area contributed by atoms with Crippen LogP contribution in [0.3, 0.4) is 0 Å². The zero-order chi connectivity index (χ0) is 10.8. The summed E-state index contributed by atoms with van der Waals surface area (Å²) in [6.07, 6.45) is 0. The molecule has 0 fully saturated rings. The second-order valence-corrected chi connectivity index (χ2v) is 4.24. The summed E-state index contributed by atoms with van der Waals surface area (Å²) in [5.74, 6) is 0.177. The first-order chi connectivity index (χ1) is 6.47. The lowest BCUT2D eigenvalue weighted by Crippen LogP contribution is -2.41. The largest absolute Gasteiger partial charge is 0.314 e. The standard InChI is InChI=1S/C12H18FN/c1-9(12(2,3)14-4)10-5-7-11(13)8-6-10/h5-9,14H,1-4H3. The highest BCUT2D eigenvalue weighted by atomic mass is 19.1. The minimum atomic E-state index is -0.178. The minimum Gasteiger partial charge on any atom is -0.314 e. The van der Waals surface area contributed by atoms with Gasteiger partial charge >= 0.3 is 0 Å². The number of hydrogen-bond acceptors (Lipinski definition) is 1. The second-order valence-electron chi connectivity index (χ2n) is 4.24. The van der Waals surface area contributed by atoms with Gasteiger partial charge in [-0.15, -0.1) is 0 Å². The van der Waals surface area contributed by atoms with E-state index in [0.717, 1.165) is 5.56 Å². The Morgan fingerprint density at radius 2 is 1.71 bits per heavy atom. The number of rotatable bonds is 3. The molecule has 1 nitrogen and oxygen atoms in total. The van der Waals surface area contributed by atoms with Crippen LogP contribution in [0.5, 0.6) is 0 Å². The van der Waals surface area contributed by atoms with Crippen molar-refractivity contribution < 1.29 is 4.39 Å². The van der Waals surface area contributed by atoms with Crippen LogP contribution in [-0.2, 0) is 0 Å². The van der Waals surface area contributed by atoms with Crippen LogP contribution < -0.4 is 5.32 Å².